The second kappa shape index (κ2) is 6.58. The molecule has 1 aliphatic rings. The van der Waals surface area contributed by atoms with Gasteiger partial charge in [-0.2, -0.15) is 0 Å². The number of benzene rings is 1. The van der Waals surface area contributed by atoms with E-state index < -0.39 is 32.6 Å². The van der Waals surface area contributed by atoms with Crippen LogP contribution in [-0.4, -0.2) is 47.6 Å². The molecule has 2 atom stereocenters. The van der Waals surface area contributed by atoms with Gasteiger partial charge in [0.1, 0.15) is 5.25 Å². The van der Waals surface area contributed by atoms with Crippen molar-refractivity contribution in [2.75, 3.05) is 6.54 Å². The van der Waals surface area contributed by atoms with Gasteiger partial charge in [-0.3, -0.25) is 20.3 Å². The zero-order valence-corrected chi connectivity index (χ0v) is 16.0. The smallest absolute Gasteiger partial charge is 0.259 e. The molecule has 0 aliphatic carbocycles. The van der Waals surface area contributed by atoms with Crippen LogP contribution in [0.15, 0.2) is 35.4 Å². The van der Waals surface area contributed by atoms with Crippen LogP contribution in [0.4, 0.5) is 0 Å². The van der Waals surface area contributed by atoms with Gasteiger partial charge in [0.05, 0.1) is 10.4 Å². The first-order valence-corrected chi connectivity index (χ1v) is 10.1. The number of hydrogen-bond acceptors (Lipinski definition) is 6. The molecule has 0 bridgehead atoms. The minimum absolute atomic E-state index is 0.0218. The number of rotatable bonds is 3. The second-order valence-electron chi connectivity index (χ2n) is 6.88. The van der Waals surface area contributed by atoms with Gasteiger partial charge in [0, 0.05) is 25.1 Å². The average Bonchev–Trinajstić information content (AvgIpc) is 2.60. The zero-order chi connectivity index (χ0) is 20.0. The quantitative estimate of drug-likeness (QED) is 0.781. The first kappa shape index (κ1) is 19.2. The van der Waals surface area contributed by atoms with E-state index in [0.29, 0.717) is 17.3 Å². The Hall–Kier alpha value is -2.52. The lowest BCUT2D eigenvalue weighted by molar-refractivity contribution is -0.147. The molecule has 144 valence electrons. The number of para-hydroxylation sites is 1. The Kier molecular flexibility index (Phi) is 4.69. The summed E-state index contributed by atoms with van der Waals surface area (Å²) >= 11 is 0. The zero-order valence-electron chi connectivity index (χ0n) is 15.2. The molecule has 0 radical (unpaired) electrons. The Morgan fingerprint density at radius 1 is 1.33 bits per heavy atom. The maximum absolute atomic E-state index is 13.5. The highest BCUT2D eigenvalue weighted by Gasteiger charge is 2.55. The Morgan fingerprint density at radius 2 is 2.04 bits per heavy atom. The third-order valence-electron chi connectivity index (χ3n) is 5.05. The van der Waals surface area contributed by atoms with Gasteiger partial charge < -0.3 is 10.6 Å². The summed E-state index contributed by atoms with van der Waals surface area (Å²) in [6, 6.07) is 6.65. The van der Waals surface area contributed by atoms with E-state index in [4.69, 9.17) is 11.5 Å². The Labute approximate surface area is 157 Å². The molecule has 8 nitrogen and oxygen atoms in total. The van der Waals surface area contributed by atoms with Gasteiger partial charge in [-0.05, 0) is 37.5 Å². The Balaban J connectivity index is 2.22. The molecular formula is C18H22N4O4S. The van der Waals surface area contributed by atoms with Crippen molar-refractivity contribution in [2.24, 2.45) is 11.5 Å². The van der Waals surface area contributed by atoms with E-state index in [2.05, 4.69) is 4.98 Å². The number of piperidine rings is 1. The number of likely N-dealkylation sites (tertiary alicyclic amines) is 1. The summed E-state index contributed by atoms with van der Waals surface area (Å²) in [4.78, 5) is 29.5. The van der Waals surface area contributed by atoms with Crippen molar-refractivity contribution in [3.63, 3.8) is 0 Å². The van der Waals surface area contributed by atoms with Gasteiger partial charge in [0.2, 0.25) is 5.91 Å². The van der Waals surface area contributed by atoms with Crippen molar-refractivity contribution in [2.45, 2.75) is 42.5 Å². The van der Waals surface area contributed by atoms with Crippen LogP contribution in [0.3, 0.4) is 0 Å². The van der Waals surface area contributed by atoms with Crippen molar-refractivity contribution in [1.82, 2.24) is 9.88 Å². The third-order valence-corrected chi connectivity index (χ3v) is 7.34. The number of primary amides is 1. The SMILES string of the molecule is CC(=O)N1CCCC(S(=O)(=O)c2cccc3cc(C)cnc23)C1(N)C(N)=O. The molecule has 1 saturated heterocycles. The van der Waals surface area contributed by atoms with Crippen LogP contribution in [0.5, 0.6) is 0 Å². The number of carbonyl (C=O) groups excluding carboxylic acids is 2. The number of nitrogens with zero attached hydrogens (tertiary/aromatic N) is 2. The number of pyridine rings is 1. The molecule has 2 amide bonds. The van der Waals surface area contributed by atoms with Crippen LogP contribution in [0.2, 0.25) is 0 Å². The maximum atomic E-state index is 13.5. The molecule has 1 fully saturated rings. The van der Waals surface area contributed by atoms with E-state index in [9.17, 15) is 18.0 Å². The van der Waals surface area contributed by atoms with Gasteiger partial charge >= 0.3 is 0 Å². The van der Waals surface area contributed by atoms with Gasteiger partial charge in [0.15, 0.2) is 15.5 Å². The van der Waals surface area contributed by atoms with E-state index in [1.165, 1.54) is 13.0 Å². The highest BCUT2D eigenvalue weighted by atomic mass is 32.2. The first-order chi connectivity index (χ1) is 12.6. The van der Waals surface area contributed by atoms with Gasteiger partial charge in [0.25, 0.3) is 5.91 Å². The fourth-order valence-electron chi connectivity index (χ4n) is 3.74. The predicted molar refractivity (Wildman–Crippen MR) is 100 cm³/mol. The monoisotopic (exact) mass is 390 g/mol. The molecule has 0 saturated carbocycles. The number of amides is 2. The lowest BCUT2D eigenvalue weighted by Crippen LogP contribution is -2.74. The van der Waals surface area contributed by atoms with E-state index in [1.54, 1.807) is 18.3 Å². The third kappa shape index (κ3) is 2.96. The number of sulfone groups is 1. The normalized spacial score (nSPS) is 23.4. The first-order valence-electron chi connectivity index (χ1n) is 8.56. The number of fused-ring (bicyclic) bond motifs is 1. The minimum atomic E-state index is -4.10. The Morgan fingerprint density at radius 3 is 2.67 bits per heavy atom. The van der Waals surface area contributed by atoms with Crippen molar-refractivity contribution in [3.05, 3.63) is 36.0 Å². The molecule has 4 N–H and O–H groups in total. The van der Waals surface area contributed by atoms with Crippen molar-refractivity contribution < 1.29 is 18.0 Å². The summed E-state index contributed by atoms with van der Waals surface area (Å²) in [7, 11) is -4.10. The van der Waals surface area contributed by atoms with E-state index >= 15 is 0 Å². The molecule has 2 unspecified atom stereocenters. The summed E-state index contributed by atoms with van der Waals surface area (Å²) in [5.41, 5.74) is 10.8. The lowest BCUT2D eigenvalue weighted by atomic mass is 9.94. The van der Waals surface area contributed by atoms with Gasteiger partial charge in [-0.1, -0.05) is 12.1 Å². The average molecular weight is 390 g/mol. The summed E-state index contributed by atoms with van der Waals surface area (Å²) in [6.45, 7) is 3.27. The van der Waals surface area contributed by atoms with Gasteiger partial charge in [-0.15, -0.1) is 0 Å². The van der Waals surface area contributed by atoms with Crippen LogP contribution in [0.25, 0.3) is 10.9 Å². The van der Waals surface area contributed by atoms with Crippen LogP contribution >= 0.6 is 0 Å². The summed E-state index contributed by atoms with van der Waals surface area (Å²) in [6.07, 6.45) is 2.09. The van der Waals surface area contributed by atoms with Crippen molar-refractivity contribution in [3.8, 4) is 0 Å². The Bertz CT molecular complexity index is 1040. The van der Waals surface area contributed by atoms with Crippen molar-refractivity contribution >= 4 is 32.6 Å². The molecular weight excluding hydrogens is 368 g/mol. The predicted octanol–water partition coefficient (Wildman–Crippen LogP) is 0.468. The molecule has 1 aromatic heterocycles. The summed E-state index contributed by atoms with van der Waals surface area (Å²) < 4.78 is 27.0. The largest absolute Gasteiger partial charge is 0.366 e. The standard InChI is InChI=1S/C18H22N4O4S/c1-11-9-13-5-3-6-14(16(13)21-10-11)27(25,26)15-7-4-8-22(12(2)23)18(15,20)17(19)24/h3,5-6,9-10,15H,4,7-8,20H2,1-2H3,(H2,19,24). The molecule has 2 heterocycles. The number of nitrogens with two attached hydrogens (primary N) is 2. The topological polar surface area (TPSA) is 136 Å². The molecule has 0 spiro atoms. The van der Waals surface area contributed by atoms with E-state index in [1.807, 2.05) is 13.0 Å². The second-order valence-corrected chi connectivity index (χ2v) is 8.98. The van der Waals surface area contributed by atoms with Crippen molar-refractivity contribution in [1.29, 1.82) is 0 Å². The summed E-state index contributed by atoms with van der Waals surface area (Å²) in [5.74, 6) is -1.54. The van der Waals surface area contributed by atoms with E-state index in [0.717, 1.165) is 10.5 Å². The minimum Gasteiger partial charge on any atom is -0.366 e. The molecule has 27 heavy (non-hydrogen) atoms. The number of hydrogen-bond donors (Lipinski definition) is 2. The fourth-order valence-corrected chi connectivity index (χ4v) is 5.95. The lowest BCUT2D eigenvalue weighted by Gasteiger charge is -2.46. The molecule has 9 heteroatoms. The van der Waals surface area contributed by atoms with E-state index in [-0.39, 0.29) is 17.9 Å². The summed E-state index contributed by atoms with van der Waals surface area (Å²) in [5, 5.41) is -0.689. The van der Waals surface area contributed by atoms with Crippen LogP contribution < -0.4 is 11.5 Å². The van der Waals surface area contributed by atoms with Crippen LogP contribution in [0, 0.1) is 6.92 Å². The molecule has 2 aromatic rings. The number of aryl methyl sites for hydroxylation is 1. The van der Waals surface area contributed by atoms with Gasteiger partial charge in [-0.25, -0.2) is 8.42 Å². The number of aromatic nitrogens is 1. The maximum Gasteiger partial charge on any atom is 0.259 e. The molecule has 1 aliphatic heterocycles. The fraction of sp³-hybridized carbons (Fsp3) is 0.389. The highest BCUT2D eigenvalue weighted by Crippen LogP contribution is 2.35. The van der Waals surface area contributed by atoms with Crippen LogP contribution in [0.1, 0.15) is 25.3 Å². The molecule has 1 aromatic carbocycles. The molecule has 3 rings (SSSR count). The number of carbonyl (C=O) groups is 2. The van der Waals surface area contributed by atoms with Crippen LogP contribution in [-0.2, 0) is 19.4 Å². The highest BCUT2D eigenvalue weighted by molar-refractivity contribution is 7.92.